The molecule has 2 aromatic rings. The molecule has 5 atom stereocenters. The Balaban J connectivity index is 1.53. The van der Waals surface area contributed by atoms with Crippen LogP contribution < -0.4 is 10.6 Å². The molecule has 0 aliphatic carbocycles. The fraction of sp³-hybridized carbons (Fsp3) is 0.464. The van der Waals surface area contributed by atoms with Crippen molar-refractivity contribution in [2.24, 2.45) is 11.8 Å². The second kappa shape index (κ2) is 9.01. The highest BCUT2D eigenvalue weighted by Gasteiger charge is 2.78. The zero-order valence-electron chi connectivity index (χ0n) is 20.9. The van der Waals surface area contributed by atoms with Gasteiger partial charge in [0.2, 0.25) is 17.7 Å². The average molecular weight is 492 g/mol. The Kier molecular flexibility index (Phi) is 6.12. The van der Waals surface area contributed by atoms with Gasteiger partial charge in [-0.05, 0) is 56.4 Å². The van der Waals surface area contributed by atoms with Gasteiger partial charge in [-0.1, -0.05) is 43.3 Å². The molecule has 3 amide bonds. The van der Waals surface area contributed by atoms with Gasteiger partial charge in [0.25, 0.3) is 0 Å². The topological polar surface area (TPSA) is 108 Å². The normalized spacial score (nSPS) is 30.4. The van der Waals surface area contributed by atoms with E-state index in [0.717, 1.165) is 11.1 Å². The maximum Gasteiger partial charge on any atom is 0.250 e. The summed E-state index contributed by atoms with van der Waals surface area (Å²) < 4.78 is 6.71. The zero-order chi connectivity index (χ0) is 25.7. The lowest BCUT2D eigenvalue weighted by molar-refractivity contribution is -0.144. The SMILES string of the molecule is CC[C@]12CCC3(O1)C(C(=O)Nc1c(C)cccc1C)N(CCO)C(=O)[C@@H]3[C@H]2C(=O)Nc1ccccc1. The number of amides is 3. The molecule has 2 aromatic carbocycles. The van der Waals surface area contributed by atoms with Gasteiger partial charge in [0.15, 0.2) is 0 Å². The first-order chi connectivity index (χ1) is 17.3. The van der Waals surface area contributed by atoms with Gasteiger partial charge in [0.1, 0.15) is 11.6 Å². The van der Waals surface area contributed by atoms with Crippen LogP contribution in [0.25, 0.3) is 0 Å². The molecular formula is C28H33N3O5. The number of benzene rings is 2. The first-order valence-electron chi connectivity index (χ1n) is 12.6. The summed E-state index contributed by atoms with van der Waals surface area (Å²) in [7, 11) is 0. The molecule has 3 saturated heterocycles. The standard InChI is InChI=1S/C28H33N3O5/c1-4-27-13-14-28(36-27)21(20(27)24(33)29-19-11-6-5-7-12-19)26(35)31(15-16-32)23(28)25(34)30-22-17(2)9-8-10-18(22)3/h5-12,20-21,23,32H,4,13-16H2,1-3H3,(H,29,33)(H,30,34)/t20-,21-,23?,27+,28?/m0/s1. The summed E-state index contributed by atoms with van der Waals surface area (Å²) in [5, 5.41) is 15.8. The maximum absolute atomic E-state index is 13.9. The second-order valence-electron chi connectivity index (χ2n) is 10.2. The van der Waals surface area contributed by atoms with Crippen molar-refractivity contribution in [1.82, 2.24) is 4.90 Å². The average Bonchev–Trinajstić information content (AvgIpc) is 3.46. The van der Waals surface area contributed by atoms with Gasteiger partial charge in [0, 0.05) is 17.9 Å². The van der Waals surface area contributed by atoms with Crippen molar-refractivity contribution >= 4 is 29.1 Å². The highest BCUT2D eigenvalue weighted by atomic mass is 16.5. The molecule has 8 nitrogen and oxygen atoms in total. The molecule has 3 aliphatic rings. The predicted octanol–water partition coefficient (Wildman–Crippen LogP) is 3.03. The number of aliphatic hydroxyl groups is 1. The zero-order valence-corrected chi connectivity index (χ0v) is 20.9. The molecule has 3 fully saturated rings. The molecule has 1 spiro atoms. The van der Waals surface area contributed by atoms with Crippen molar-refractivity contribution in [3.05, 3.63) is 59.7 Å². The largest absolute Gasteiger partial charge is 0.395 e. The van der Waals surface area contributed by atoms with E-state index in [-0.39, 0.29) is 30.9 Å². The lowest BCUT2D eigenvalue weighted by Crippen LogP contribution is -2.53. The van der Waals surface area contributed by atoms with Crippen LogP contribution >= 0.6 is 0 Å². The third kappa shape index (κ3) is 3.54. The van der Waals surface area contributed by atoms with E-state index < -0.39 is 29.1 Å². The number of hydrogen-bond donors (Lipinski definition) is 3. The first kappa shape index (κ1) is 24.5. The molecule has 2 unspecified atom stereocenters. The number of aliphatic hydroxyl groups excluding tert-OH is 1. The van der Waals surface area contributed by atoms with Crippen LogP contribution in [0, 0.1) is 25.7 Å². The van der Waals surface area contributed by atoms with Crippen LogP contribution in [0.4, 0.5) is 11.4 Å². The van der Waals surface area contributed by atoms with Gasteiger partial charge in [-0.3, -0.25) is 14.4 Å². The number of fused-ring (bicyclic) bond motifs is 1. The predicted molar refractivity (Wildman–Crippen MR) is 135 cm³/mol. The van der Waals surface area contributed by atoms with Crippen LogP contribution in [-0.4, -0.2) is 58.1 Å². The third-order valence-electron chi connectivity index (χ3n) is 8.32. The fourth-order valence-corrected chi connectivity index (χ4v) is 6.71. The molecule has 190 valence electrons. The van der Waals surface area contributed by atoms with Crippen LogP contribution in [0.15, 0.2) is 48.5 Å². The minimum atomic E-state index is -1.12. The lowest BCUT2D eigenvalue weighted by Gasteiger charge is -2.33. The second-order valence-corrected chi connectivity index (χ2v) is 10.2. The maximum atomic E-state index is 13.9. The summed E-state index contributed by atoms with van der Waals surface area (Å²) in [6.07, 6.45) is 1.63. The number of para-hydroxylation sites is 2. The molecule has 0 radical (unpaired) electrons. The number of nitrogens with one attached hydrogen (secondary N) is 2. The Morgan fingerprint density at radius 1 is 1.03 bits per heavy atom. The van der Waals surface area contributed by atoms with Gasteiger partial charge >= 0.3 is 0 Å². The molecule has 3 N–H and O–H groups in total. The lowest BCUT2D eigenvalue weighted by atomic mass is 9.65. The summed E-state index contributed by atoms with van der Waals surface area (Å²) in [5.41, 5.74) is 1.24. The quantitative estimate of drug-likeness (QED) is 0.552. The molecule has 3 heterocycles. The van der Waals surface area contributed by atoms with Crippen molar-refractivity contribution in [3.63, 3.8) is 0 Å². The third-order valence-corrected chi connectivity index (χ3v) is 8.32. The molecule has 8 heteroatoms. The molecule has 0 aromatic heterocycles. The molecular weight excluding hydrogens is 458 g/mol. The number of anilines is 2. The van der Waals surface area contributed by atoms with E-state index in [1.807, 2.05) is 57.2 Å². The van der Waals surface area contributed by atoms with E-state index in [0.29, 0.717) is 30.6 Å². The summed E-state index contributed by atoms with van der Waals surface area (Å²) in [6, 6.07) is 14.0. The minimum absolute atomic E-state index is 0.00255. The van der Waals surface area contributed by atoms with E-state index >= 15 is 0 Å². The van der Waals surface area contributed by atoms with E-state index in [4.69, 9.17) is 4.74 Å². The molecule has 3 aliphatic heterocycles. The Bertz CT molecular complexity index is 1180. The van der Waals surface area contributed by atoms with Crippen molar-refractivity contribution in [1.29, 1.82) is 0 Å². The molecule has 36 heavy (non-hydrogen) atoms. The monoisotopic (exact) mass is 491 g/mol. The van der Waals surface area contributed by atoms with Crippen molar-refractivity contribution in [2.75, 3.05) is 23.8 Å². The molecule has 5 rings (SSSR count). The van der Waals surface area contributed by atoms with Gasteiger partial charge in [-0.15, -0.1) is 0 Å². The fourth-order valence-electron chi connectivity index (χ4n) is 6.71. The van der Waals surface area contributed by atoms with E-state index in [9.17, 15) is 19.5 Å². The van der Waals surface area contributed by atoms with Gasteiger partial charge in [-0.2, -0.15) is 0 Å². The van der Waals surface area contributed by atoms with Crippen LogP contribution in [0.1, 0.15) is 37.3 Å². The smallest absolute Gasteiger partial charge is 0.250 e. The Morgan fingerprint density at radius 2 is 1.72 bits per heavy atom. The number of likely N-dealkylation sites (tertiary alicyclic amines) is 1. The number of carbonyl (C=O) groups excluding carboxylic acids is 3. The molecule has 2 bridgehead atoms. The van der Waals surface area contributed by atoms with Crippen molar-refractivity contribution in [3.8, 4) is 0 Å². The number of aryl methyl sites for hydroxylation is 2. The highest BCUT2D eigenvalue weighted by molar-refractivity contribution is 6.05. The Hall–Kier alpha value is -3.23. The number of nitrogens with zero attached hydrogens (tertiary/aromatic N) is 1. The van der Waals surface area contributed by atoms with E-state index in [2.05, 4.69) is 10.6 Å². The Morgan fingerprint density at radius 3 is 2.36 bits per heavy atom. The van der Waals surface area contributed by atoms with Crippen LogP contribution in [0.2, 0.25) is 0 Å². The van der Waals surface area contributed by atoms with Crippen molar-refractivity contribution < 1.29 is 24.2 Å². The van der Waals surface area contributed by atoms with Crippen molar-refractivity contribution in [2.45, 2.75) is 57.3 Å². The number of hydrogen-bond acceptors (Lipinski definition) is 5. The first-order valence-corrected chi connectivity index (χ1v) is 12.6. The highest BCUT2D eigenvalue weighted by Crippen LogP contribution is 2.64. The minimum Gasteiger partial charge on any atom is -0.395 e. The summed E-state index contributed by atoms with van der Waals surface area (Å²) in [5.74, 6) is -2.47. The summed E-state index contributed by atoms with van der Waals surface area (Å²) >= 11 is 0. The van der Waals surface area contributed by atoms with Crippen LogP contribution in [-0.2, 0) is 19.1 Å². The van der Waals surface area contributed by atoms with Gasteiger partial charge in [-0.25, -0.2) is 0 Å². The number of carbonyl (C=O) groups is 3. The van der Waals surface area contributed by atoms with Crippen LogP contribution in [0.3, 0.4) is 0 Å². The van der Waals surface area contributed by atoms with Crippen LogP contribution in [0.5, 0.6) is 0 Å². The number of rotatable bonds is 7. The Labute approximate surface area is 211 Å². The number of ether oxygens (including phenoxy) is 1. The summed E-state index contributed by atoms with van der Waals surface area (Å²) in [4.78, 5) is 42.8. The van der Waals surface area contributed by atoms with E-state index in [1.165, 1.54) is 4.90 Å². The van der Waals surface area contributed by atoms with E-state index in [1.54, 1.807) is 12.1 Å². The number of β-amino-alcohol motifs (C(OH)–C–C–N with tert-alkyl or cyclic N) is 1. The van der Waals surface area contributed by atoms with Gasteiger partial charge in [0.05, 0.1) is 24.0 Å². The summed E-state index contributed by atoms with van der Waals surface area (Å²) in [6.45, 7) is 5.51. The molecule has 0 saturated carbocycles. The van der Waals surface area contributed by atoms with Gasteiger partial charge < -0.3 is 25.4 Å².